The number of pyridine rings is 1. The lowest BCUT2D eigenvalue weighted by Crippen LogP contribution is -2.62. The maximum Gasteiger partial charge on any atom is 0.410 e. The molecule has 0 spiro atoms. The number of benzene rings is 3. The Morgan fingerprint density at radius 3 is 2.29 bits per heavy atom. The van der Waals surface area contributed by atoms with E-state index in [0.29, 0.717) is 58.7 Å². The van der Waals surface area contributed by atoms with E-state index in [1.54, 1.807) is 49.6 Å². The quantitative estimate of drug-likeness (QED) is 0.147. The number of amides is 1. The Balaban J connectivity index is 1.11. The van der Waals surface area contributed by atoms with Crippen LogP contribution in [0, 0.1) is 12.7 Å². The van der Waals surface area contributed by atoms with Crippen molar-refractivity contribution >= 4 is 43.9 Å². The first kappa shape index (κ1) is 45.5. The fourth-order valence-electron chi connectivity index (χ4n) is 9.71. The lowest BCUT2D eigenvalue weighted by Gasteiger charge is -2.49. The number of hydrogen-bond donors (Lipinski definition) is 1. The van der Waals surface area contributed by atoms with Gasteiger partial charge in [-0.15, -0.1) is 0 Å². The van der Waals surface area contributed by atoms with Crippen LogP contribution in [0.25, 0.3) is 32.9 Å². The predicted molar refractivity (Wildman–Crippen MR) is 254 cm³/mol. The Morgan fingerprint density at radius 1 is 0.909 bits per heavy atom. The summed E-state index contributed by atoms with van der Waals surface area (Å²) in [6, 6.07) is 20.8. The highest BCUT2D eigenvalue weighted by Gasteiger charge is 2.45. The highest BCUT2D eigenvalue weighted by Crippen LogP contribution is 2.44. The van der Waals surface area contributed by atoms with Gasteiger partial charge in [-0.05, 0) is 109 Å². The molecule has 3 atom stereocenters. The van der Waals surface area contributed by atoms with Crippen molar-refractivity contribution in [1.29, 1.82) is 0 Å². The Kier molecular flexibility index (Phi) is 11.8. The second-order valence-electron chi connectivity index (χ2n) is 19.3. The molecule has 1 unspecified atom stereocenters. The maximum atomic E-state index is 16.2. The van der Waals surface area contributed by atoms with E-state index in [1.165, 1.54) is 29.0 Å². The minimum atomic E-state index is -4.13. The number of aryl methyl sites for hydroxylation is 2. The third-order valence-corrected chi connectivity index (χ3v) is 15.0. The zero-order valence-corrected chi connectivity index (χ0v) is 39.5. The second-order valence-corrected chi connectivity index (χ2v) is 21.1. The van der Waals surface area contributed by atoms with Crippen LogP contribution < -0.4 is 16.2 Å². The summed E-state index contributed by atoms with van der Waals surface area (Å²) >= 11 is 0. The second kappa shape index (κ2) is 17.2. The van der Waals surface area contributed by atoms with Crippen molar-refractivity contribution in [2.75, 3.05) is 37.6 Å². The number of aromatic nitrogens is 4. The summed E-state index contributed by atoms with van der Waals surface area (Å²) in [6.07, 6.45) is 5.96. The number of carbonyl (C=O) groups is 1. The molecule has 3 aromatic carbocycles. The molecule has 9 rings (SSSR count). The number of nitrogens with zero attached hydrogens (tertiary/aromatic N) is 7. The molecule has 3 aromatic heterocycles. The zero-order valence-electron chi connectivity index (χ0n) is 38.7. The van der Waals surface area contributed by atoms with Crippen LogP contribution in [0.1, 0.15) is 77.1 Å². The number of hydrogen-bond acceptors (Lipinski definition) is 11. The summed E-state index contributed by atoms with van der Waals surface area (Å²) in [5, 5.41) is 1.03. The van der Waals surface area contributed by atoms with Gasteiger partial charge in [0.2, 0.25) is 5.95 Å². The Labute approximate surface area is 385 Å². The molecule has 1 saturated carbocycles. The van der Waals surface area contributed by atoms with Gasteiger partial charge in [0.15, 0.2) is 5.60 Å². The van der Waals surface area contributed by atoms with Gasteiger partial charge in [0.1, 0.15) is 16.9 Å². The number of piperidine rings is 1. The lowest BCUT2D eigenvalue weighted by atomic mass is 9.86. The lowest BCUT2D eigenvalue weighted by molar-refractivity contribution is -0.0281. The summed E-state index contributed by atoms with van der Waals surface area (Å²) in [4.78, 5) is 44.0. The molecule has 16 heteroatoms. The normalized spacial score (nSPS) is 20.0. The summed E-state index contributed by atoms with van der Waals surface area (Å²) in [6.45, 7) is 14.3. The smallest absolute Gasteiger partial charge is 0.410 e. The monoisotopic (exact) mass is 918 g/mol. The molecule has 5 heterocycles. The number of piperazine rings is 1. The van der Waals surface area contributed by atoms with E-state index in [-0.39, 0.29) is 52.8 Å². The SMILES string of the molecule is Cc1ccc(S(=O)(=O)n2ccc3c(-c4ccc5nc(N6CCC(N7C[C@@H](C)N(C(=O)OC(C)(C)C)C[C@@H]7C)CC6)nc(C(CN)(OC6CC6)c6ccccc6F)c5c4)cn(C)c(=O)c32)cc1. The van der Waals surface area contributed by atoms with Crippen molar-refractivity contribution in [2.24, 2.45) is 12.8 Å². The van der Waals surface area contributed by atoms with Gasteiger partial charge in [-0.1, -0.05) is 42.0 Å². The summed E-state index contributed by atoms with van der Waals surface area (Å²) in [5.41, 5.74) is 7.71. The van der Waals surface area contributed by atoms with E-state index >= 15 is 4.39 Å². The molecule has 6 aromatic rings. The molecule has 1 amide bonds. The van der Waals surface area contributed by atoms with Crippen LogP contribution in [0.3, 0.4) is 0 Å². The number of anilines is 1. The van der Waals surface area contributed by atoms with Crippen LogP contribution in [-0.4, -0.2) is 105 Å². The van der Waals surface area contributed by atoms with Crippen LogP contribution in [0.15, 0.2) is 94.9 Å². The fraction of sp³-hybridized carbons (Fsp3) is 0.440. The molecule has 1 aliphatic carbocycles. The largest absolute Gasteiger partial charge is 0.444 e. The summed E-state index contributed by atoms with van der Waals surface area (Å²) in [5.74, 6) is 0.0104. The van der Waals surface area contributed by atoms with Crippen LogP contribution in [0.2, 0.25) is 0 Å². The minimum Gasteiger partial charge on any atom is -0.444 e. The van der Waals surface area contributed by atoms with E-state index in [2.05, 4.69) is 23.6 Å². The molecule has 2 N–H and O–H groups in total. The Morgan fingerprint density at radius 2 is 1.62 bits per heavy atom. The topological polar surface area (TPSA) is 158 Å². The van der Waals surface area contributed by atoms with Crippen LogP contribution in [-0.2, 0) is 32.1 Å². The van der Waals surface area contributed by atoms with Gasteiger partial charge >= 0.3 is 6.09 Å². The van der Waals surface area contributed by atoms with Crippen LogP contribution in [0.4, 0.5) is 15.1 Å². The van der Waals surface area contributed by atoms with E-state index in [9.17, 15) is 18.0 Å². The van der Waals surface area contributed by atoms with Crippen molar-refractivity contribution in [1.82, 2.24) is 28.3 Å². The molecular formula is C50H59FN8O6S. The van der Waals surface area contributed by atoms with Crippen molar-refractivity contribution < 1.29 is 27.1 Å². The van der Waals surface area contributed by atoms with Crippen molar-refractivity contribution in [3.8, 4) is 11.1 Å². The molecule has 0 radical (unpaired) electrons. The van der Waals surface area contributed by atoms with Gasteiger partial charge in [0.05, 0.1) is 22.2 Å². The molecular weight excluding hydrogens is 860 g/mol. The highest BCUT2D eigenvalue weighted by atomic mass is 32.2. The molecule has 2 aliphatic heterocycles. The van der Waals surface area contributed by atoms with Gasteiger partial charge in [-0.25, -0.2) is 31.5 Å². The number of carbonyl (C=O) groups excluding carboxylic acids is 1. The van der Waals surface area contributed by atoms with Crippen molar-refractivity contribution in [3.05, 3.63) is 118 Å². The molecule has 2 saturated heterocycles. The van der Waals surface area contributed by atoms with Gasteiger partial charge in [0, 0.05) is 92.2 Å². The molecule has 0 bridgehead atoms. The van der Waals surface area contributed by atoms with E-state index in [1.807, 2.05) is 50.8 Å². The van der Waals surface area contributed by atoms with Crippen molar-refractivity contribution in [3.63, 3.8) is 0 Å². The number of fused-ring (bicyclic) bond motifs is 2. The molecule has 66 heavy (non-hydrogen) atoms. The van der Waals surface area contributed by atoms with Gasteiger partial charge in [0.25, 0.3) is 15.6 Å². The fourth-order valence-corrected chi connectivity index (χ4v) is 11.1. The van der Waals surface area contributed by atoms with Gasteiger partial charge in [-0.2, -0.15) is 0 Å². The molecule has 3 aliphatic rings. The average molecular weight is 919 g/mol. The first-order chi connectivity index (χ1) is 31.4. The van der Waals surface area contributed by atoms with Crippen LogP contribution >= 0.6 is 0 Å². The van der Waals surface area contributed by atoms with Crippen molar-refractivity contribution in [2.45, 2.75) is 108 Å². The predicted octanol–water partition coefficient (Wildman–Crippen LogP) is 7.31. The summed E-state index contributed by atoms with van der Waals surface area (Å²) in [7, 11) is -2.54. The first-order valence-electron chi connectivity index (χ1n) is 22.9. The van der Waals surface area contributed by atoms with Gasteiger partial charge < -0.3 is 29.6 Å². The maximum absolute atomic E-state index is 16.2. The molecule has 14 nitrogen and oxygen atoms in total. The number of ether oxygens (including phenoxy) is 2. The third kappa shape index (κ3) is 8.37. The van der Waals surface area contributed by atoms with E-state index in [4.69, 9.17) is 25.2 Å². The number of halogens is 1. The minimum absolute atomic E-state index is 0.0111. The third-order valence-electron chi connectivity index (χ3n) is 13.3. The Bertz CT molecular complexity index is 2990. The molecule has 3 fully saturated rings. The number of rotatable bonds is 10. The van der Waals surface area contributed by atoms with E-state index < -0.39 is 32.6 Å². The van der Waals surface area contributed by atoms with Crippen LogP contribution in [0.5, 0.6) is 0 Å². The summed E-state index contributed by atoms with van der Waals surface area (Å²) < 4.78 is 59.3. The zero-order chi connectivity index (χ0) is 46.9. The Hall–Kier alpha value is -5.68. The molecule has 348 valence electrons. The number of nitrogens with two attached hydrogens (primary N) is 1. The standard InChI is InChI=1S/C50H59FN8O6S/c1-31-12-17-37(18-13-31)66(62,63)59-25-22-38-40(29-55(7)46(60)44(38)59)34-14-19-43-39(26-34)45(50(30-52,64-36-15-16-36)41-10-8-9-11-42(41)51)54-47(53-43)56-23-20-35(21-24-56)57-27-33(3)58(28-32(57)2)48(61)65-49(4,5)6/h8-14,17-19,22,25-26,29,32-33,35-36H,15-16,20-21,23-24,27-28,30,52H2,1-7H3/t32-,33+,50?/m0/s1. The van der Waals surface area contributed by atoms with Gasteiger partial charge in [-0.3, -0.25) is 9.69 Å². The average Bonchev–Trinajstić information content (AvgIpc) is 3.99. The first-order valence-corrected chi connectivity index (χ1v) is 24.3. The highest BCUT2D eigenvalue weighted by molar-refractivity contribution is 7.90. The van der Waals surface area contributed by atoms with E-state index in [0.717, 1.165) is 41.8 Å².